The maximum atomic E-state index is 11.3. The van der Waals surface area contributed by atoms with Crippen LogP contribution in [0.1, 0.15) is 48.5 Å². The van der Waals surface area contributed by atoms with Gasteiger partial charge < -0.3 is 47.7 Å². The topological polar surface area (TPSA) is 223 Å². The Labute approximate surface area is 247 Å². The fraction of sp³-hybridized carbons (Fsp3) is 0.731. The molecule has 0 amide bonds. The van der Waals surface area contributed by atoms with Gasteiger partial charge in [-0.1, -0.05) is 13.8 Å². The molecule has 0 radical (unpaired) electrons. The number of aliphatic hydroxyl groups excluding tert-OH is 1. The highest BCUT2D eigenvalue weighted by Gasteiger charge is 2.50. The monoisotopic (exact) mass is 622 g/mol. The summed E-state index contributed by atoms with van der Waals surface area (Å²) in [6, 6.07) is 0. The summed E-state index contributed by atoms with van der Waals surface area (Å²) in [5, 5.41) is 9.85. The smallest absolute Gasteiger partial charge is 0.305 e. The summed E-state index contributed by atoms with van der Waals surface area (Å²) in [6.07, 6.45) is -8.19. The van der Waals surface area contributed by atoms with Gasteiger partial charge in [-0.15, -0.1) is 0 Å². The zero-order valence-corrected chi connectivity index (χ0v) is 24.8. The SMILES string of the molecule is CC(=O)OC1O[C@H](COC=O)[C@@H](C)[C@H](OC(C)=O)[C@H]1OC(C)=O.CC(=O)O[C@H]1[C@H](C)[C@@H](COC=O)OC(O)[C@@H]1OC(C)=O. The molecular weight excluding hydrogens is 584 g/mol. The molecule has 43 heavy (non-hydrogen) atoms. The molecule has 0 bridgehead atoms. The van der Waals surface area contributed by atoms with Crippen LogP contribution in [0.5, 0.6) is 0 Å². The number of ether oxygens (including phenoxy) is 9. The number of hydrogen-bond donors (Lipinski definition) is 1. The van der Waals surface area contributed by atoms with Gasteiger partial charge in [0.1, 0.15) is 37.6 Å². The van der Waals surface area contributed by atoms with E-state index in [0.29, 0.717) is 0 Å². The Morgan fingerprint density at radius 3 is 1.33 bits per heavy atom. The molecule has 17 nitrogen and oxygen atoms in total. The van der Waals surface area contributed by atoms with Crippen LogP contribution in [0.4, 0.5) is 0 Å². The van der Waals surface area contributed by atoms with Gasteiger partial charge in [0, 0.05) is 46.5 Å². The first-order valence-electron chi connectivity index (χ1n) is 13.1. The van der Waals surface area contributed by atoms with E-state index in [1.807, 2.05) is 0 Å². The van der Waals surface area contributed by atoms with Crippen molar-refractivity contribution in [1.82, 2.24) is 0 Å². The average Bonchev–Trinajstić information content (AvgIpc) is 2.89. The second kappa shape index (κ2) is 18.0. The average molecular weight is 623 g/mol. The molecule has 244 valence electrons. The Hall–Kier alpha value is -3.83. The van der Waals surface area contributed by atoms with Crippen LogP contribution in [0.15, 0.2) is 0 Å². The molecule has 2 rings (SSSR count). The van der Waals surface area contributed by atoms with E-state index in [-0.39, 0.29) is 26.2 Å². The lowest BCUT2D eigenvalue weighted by Gasteiger charge is -2.43. The van der Waals surface area contributed by atoms with Crippen LogP contribution in [-0.2, 0) is 76.2 Å². The van der Waals surface area contributed by atoms with E-state index in [2.05, 4.69) is 9.47 Å². The van der Waals surface area contributed by atoms with Gasteiger partial charge in [-0.25, -0.2) is 0 Å². The summed E-state index contributed by atoms with van der Waals surface area (Å²) < 4.78 is 45.4. The molecule has 0 aromatic heterocycles. The molecule has 0 spiro atoms. The zero-order chi connectivity index (χ0) is 32.9. The quantitative estimate of drug-likeness (QED) is 0.171. The number of aliphatic hydroxyl groups is 1. The van der Waals surface area contributed by atoms with Crippen LogP contribution in [0.25, 0.3) is 0 Å². The Balaban J connectivity index is 0.000000434. The summed E-state index contributed by atoms with van der Waals surface area (Å²) in [5.41, 5.74) is 0. The van der Waals surface area contributed by atoms with Crippen molar-refractivity contribution in [3.05, 3.63) is 0 Å². The molecule has 2 fully saturated rings. The van der Waals surface area contributed by atoms with Gasteiger partial charge >= 0.3 is 29.8 Å². The number of carbonyl (C=O) groups excluding carboxylic acids is 7. The first-order chi connectivity index (χ1) is 20.1. The second-order valence-electron chi connectivity index (χ2n) is 9.59. The standard InChI is InChI=1S/C14H20O9.C12H18O8/c1-7-11(5-19-6-15)23-14(22-10(4)18)13(21-9(3)17)12(7)20-8(2)16;1-6-9(4-17-5-13)20-12(16)11(19-8(3)15)10(6)18-7(2)14/h6-7,11-14H,5H2,1-4H3;5-6,9-12,16H,4H2,1-3H3/t7-,11-,12+,13-,14?;6-,9-,10+,11-,12?/m11/s1. The van der Waals surface area contributed by atoms with Crippen molar-refractivity contribution >= 4 is 42.8 Å². The molecule has 2 saturated heterocycles. The van der Waals surface area contributed by atoms with E-state index < -0.39 is 90.9 Å². The molecule has 2 aliphatic rings. The number of hydrogen-bond acceptors (Lipinski definition) is 17. The fourth-order valence-corrected chi connectivity index (χ4v) is 4.36. The van der Waals surface area contributed by atoms with Crippen molar-refractivity contribution < 1.29 is 81.3 Å². The van der Waals surface area contributed by atoms with E-state index in [0.717, 1.165) is 6.92 Å². The van der Waals surface area contributed by atoms with Crippen molar-refractivity contribution in [1.29, 1.82) is 0 Å². The maximum Gasteiger partial charge on any atom is 0.305 e. The Bertz CT molecular complexity index is 983. The minimum Gasteiger partial charge on any atom is -0.465 e. The van der Waals surface area contributed by atoms with Crippen molar-refractivity contribution in [2.75, 3.05) is 13.2 Å². The van der Waals surface area contributed by atoms with E-state index in [1.165, 1.54) is 27.7 Å². The summed E-state index contributed by atoms with van der Waals surface area (Å²) in [6.45, 7) is 9.51. The molecule has 2 aliphatic heterocycles. The summed E-state index contributed by atoms with van der Waals surface area (Å²) in [4.78, 5) is 76.6. The number of esters is 5. The lowest BCUT2D eigenvalue weighted by atomic mass is 9.90. The van der Waals surface area contributed by atoms with Crippen molar-refractivity contribution in [3.8, 4) is 0 Å². The van der Waals surface area contributed by atoms with E-state index >= 15 is 0 Å². The molecule has 0 saturated carbocycles. The molecule has 2 heterocycles. The second-order valence-corrected chi connectivity index (χ2v) is 9.59. The molecule has 0 aliphatic carbocycles. The predicted octanol–water partition coefficient (Wildman–Crippen LogP) is -0.677. The van der Waals surface area contributed by atoms with E-state index in [1.54, 1.807) is 13.8 Å². The van der Waals surface area contributed by atoms with Gasteiger partial charge in [-0.05, 0) is 0 Å². The highest BCUT2D eigenvalue weighted by molar-refractivity contribution is 5.68. The minimum absolute atomic E-state index is 0.105. The predicted molar refractivity (Wildman–Crippen MR) is 136 cm³/mol. The normalized spacial score (nSPS) is 31.4. The molecule has 2 unspecified atom stereocenters. The van der Waals surface area contributed by atoms with Gasteiger partial charge in [0.05, 0.1) is 0 Å². The van der Waals surface area contributed by atoms with Crippen LogP contribution in [0, 0.1) is 11.8 Å². The Morgan fingerprint density at radius 1 is 0.581 bits per heavy atom. The molecule has 1 N–H and O–H groups in total. The Kier molecular flexibility index (Phi) is 15.5. The van der Waals surface area contributed by atoms with Gasteiger partial charge in [-0.2, -0.15) is 0 Å². The summed E-state index contributed by atoms with van der Waals surface area (Å²) in [5.74, 6) is -4.05. The third-order valence-electron chi connectivity index (χ3n) is 6.18. The van der Waals surface area contributed by atoms with Crippen LogP contribution < -0.4 is 0 Å². The largest absolute Gasteiger partial charge is 0.465 e. The van der Waals surface area contributed by atoms with Crippen molar-refractivity contribution in [2.45, 2.75) is 97.7 Å². The number of carbonyl (C=O) groups is 7. The summed E-state index contributed by atoms with van der Waals surface area (Å²) >= 11 is 0. The maximum absolute atomic E-state index is 11.3. The Morgan fingerprint density at radius 2 is 0.930 bits per heavy atom. The first kappa shape index (κ1) is 37.2. The van der Waals surface area contributed by atoms with Crippen molar-refractivity contribution in [2.24, 2.45) is 11.8 Å². The van der Waals surface area contributed by atoms with Crippen LogP contribution in [0.2, 0.25) is 0 Å². The highest BCUT2D eigenvalue weighted by Crippen LogP contribution is 2.32. The van der Waals surface area contributed by atoms with Crippen LogP contribution >= 0.6 is 0 Å². The molecule has 10 atom stereocenters. The van der Waals surface area contributed by atoms with Crippen LogP contribution in [0.3, 0.4) is 0 Å². The van der Waals surface area contributed by atoms with Gasteiger partial charge in [0.15, 0.2) is 12.4 Å². The lowest BCUT2D eigenvalue weighted by Crippen LogP contribution is -2.58. The van der Waals surface area contributed by atoms with Gasteiger partial charge in [-0.3, -0.25) is 33.6 Å². The molecule has 0 aromatic rings. The summed E-state index contributed by atoms with van der Waals surface area (Å²) in [7, 11) is 0. The highest BCUT2D eigenvalue weighted by atomic mass is 16.7. The third-order valence-corrected chi connectivity index (χ3v) is 6.18. The van der Waals surface area contributed by atoms with Crippen molar-refractivity contribution in [3.63, 3.8) is 0 Å². The minimum atomic E-state index is -1.47. The van der Waals surface area contributed by atoms with E-state index in [9.17, 15) is 38.7 Å². The zero-order valence-electron chi connectivity index (χ0n) is 24.8. The lowest BCUT2D eigenvalue weighted by molar-refractivity contribution is -0.285. The third kappa shape index (κ3) is 12.1. The molecule has 17 heteroatoms. The van der Waals surface area contributed by atoms with Gasteiger partial charge in [0.2, 0.25) is 12.4 Å². The van der Waals surface area contributed by atoms with Crippen LogP contribution in [-0.4, -0.2) is 110 Å². The number of rotatable bonds is 11. The first-order valence-corrected chi connectivity index (χ1v) is 13.1. The van der Waals surface area contributed by atoms with Gasteiger partial charge in [0.25, 0.3) is 12.9 Å². The molecular formula is C26H38O17. The fourth-order valence-electron chi connectivity index (χ4n) is 4.36. The molecule has 0 aromatic carbocycles. The van der Waals surface area contributed by atoms with E-state index in [4.69, 9.17) is 33.2 Å².